The summed E-state index contributed by atoms with van der Waals surface area (Å²) >= 11 is 5.79. The summed E-state index contributed by atoms with van der Waals surface area (Å²) in [6.07, 6.45) is -0.833. The molecule has 25 heavy (non-hydrogen) atoms. The van der Waals surface area contributed by atoms with Gasteiger partial charge in [0.2, 0.25) is 0 Å². The standard InChI is InChI=1S/C19H20ClNO4/c1-13(15-6-4-3-5-7-15)21-18(22)12-24-19(23)14(2)25-17-10-8-16(20)9-11-17/h3-11,13-14H,12H2,1-2H3,(H,21,22)/t13-,14-/m0/s1. The van der Waals surface area contributed by atoms with Crippen LogP contribution in [0.25, 0.3) is 0 Å². The molecule has 6 heteroatoms. The minimum Gasteiger partial charge on any atom is -0.479 e. The minimum absolute atomic E-state index is 0.171. The highest BCUT2D eigenvalue weighted by Gasteiger charge is 2.18. The monoisotopic (exact) mass is 361 g/mol. The van der Waals surface area contributed by atoms with E-state index in [0.29, 0.717) is 10.8 Å². The average Bonchev–Trinajstić information content (AvgIpc) is 2.62. The lowest BCUT2D eigenvalue weighted by Crippen LogP contribution is -2.34. The number of hydrogen-bond donors (Lipinski definition) is 1. The Hall–Kier alpha value is -2.53. The summed E-state index contributed by atoms with van der Waals surface area (Å²) in [5.74, 6) is -0.489. The predicted molar refractivity (Wildman–Crippen MR) is 95.5 cm³/mol. The Bertz CT molecular complexity index is 703. The van der Waals surface area contributed by atoms with Crippen LogP contribution in [0.3, 0.4) is 0 Å². The van der Waals surface area contributed by atoms with Crippen molar-refractivity contribution in [1.82, 2.24) is 5.32 Å². The molecule has 0 aromatic heterocycles. The van der Waals surface area contributed by atoms with E-state index in [1.165, 1.54) is 0 Å². The van der Waals surface area contributed by atoms with Gasteiger partial charge in [0.1, 0.15) is 5.75 Å². The van der Waals surface area contributed by atoms with Gasteiger partial charge in [0.15, 0.2) is 12.7 Å². The molecule has 2 aromatic rings. The largest absolute Gasteiger partial charge is 0.479 e. The molecule has 2 aromatic carbocycles. The maximum Gasteiger partial charge on any atom is 0.347 e. The van der Waals surface area contributed by atoms with E-state index < -0.39 is 12.1 Å². The molecule has 0 aliphatic rings. The fourth-order valence-electron chi connectivity index (χ4n) is 2.13. The maximum absolute atomic E-state index is 11.9. The number of nitrogens with one attached hydrogen (secondary N) is 1. The maximum atomic E-state index is 11.9. The molecule has 0 heterocycles. The van der Waals surface area contributed by atoms with Gasteiger partial charge in [-0.3, -0.25) is 4.79 Å². The SMILES string of the molecule is C[C@H](Oc1ccc(Cl)cc1)C(=O)OCC(=O)N[C@@H](C)c1ccccc1. The third-order valence-electron chi connectivity index (χ3n) is 3.48. The summed E-state index contributed by atoms with van der Waals surface area (Å²) in [6, 6.07) is 16.0. The zero-order valence-corrected chi connectivity index (χ0v) is 14.8. The van der Waals surface area contributed by atoms with Crippen LogP contribution in [0.5, 0.6) is 5.75 Å². The molecule has 0 radical (unpaired) electrons. The second kappa shape index (κ2) is 9.08. The predicted octanol–water partition coefficient (Wildman–Crippen LogP) is 3.53. The number of amides is 1. The van der Waals surface area contributed by atoms with Crippen LogP contribution in [0.15, 0.2) is 54.6 Å². The molecule has 0 aliphatic carbocycles. The summed E-state index contributed by atoms with van der Waals surface area (Å²) in [4.78, 5) is 23.8. The van der Waals surface area contributed by atoms with Crippen molar-refractivity contribution in [3.8, 4) is 5.75 Å². The molecule has 2 rings (SSSR count). The molecule has 0 saturated heterocycles. The Morgan fingerprint density at radius 2 is 1.68 bits per heavy atom. The number of esters is 1. The molecule has 1 amide bonds. The number of carbonyl (C=O) groups excluding carboxylic acids is 2. The van der Waals surface area contributed by atoms with Gasteiger partial charge in [0.05, 0.1) is 6.04 Å². The zero-order chi connectivity index (χ0) is 18.2. The number of ether oxygens (including phenoxy) is 2. The van der Waals surface area contributed by atoms with Crippen molar-refractivity contribution in [1.29, 1.82) is 0 Å². The lowest BCUT2D eigenvalue weighted by molar-refractivity contribution is -0.154. The van der Waals surface area contributed by atoms with Gasteiger partial charge in [0, 0.05) is 5.02 Å². The summed E-state index contributed by atoms with van der Waals surface area (Å²) < 4.78 is 10.4. The van der Waals surface area contributed by atoms with E-state index in [4.69, 9.17) is 21.1 Å². The first-order chi connectivity index (χ1) is 12.0. The summed E-state index contributed by atoms with van der Waals surface area (Å²) in [6.45, 7) is 3.06. The van der Waals surface area contributed by atoms with Crippen LogP contribution in [-0.2, 0) is 14.3 Å². The van der Waals surface area contributed by atoms with Gasteiger partial charge in [-0.1, -0.05) is 41.9 Å². The molecule has 0 aliphatic heterocycles. The number of hydrogen-bond acceptors (Lipinski definition) is 4. The van der Waals surface area contributed by atoms with E-state index in [-0.39, 0.29) is 18.6 Å². The number of halogens is 1. The molecule has 0 bridgehead atoms. The number of rotatable bonds is 7. The molecule has 2 atom stereocenters. The van der Waals surface area contributed by atoms with Crippen LogP contribution in [0.2, 0.25) is 5.02 Å². The van der Waals surface area contributed by atoms with Gasteiger partial charge >= 0.3 is 5.97 Å². The number of carbonyl (C=O) groups is 2. The van der Waals surface area contributed by atoms with Crippen molar-refractivity contribution in [2.24, 2.45) is 0 Å². The van der Waals surface area contributed by atoms with Crippen LogP contribution in [0.4, 0.5) is 0 Å². The van der Waals surface area contributed by atoms with E-state index in [2.05, 4.69) is 5.32 Å². The molecule has 0 saturated carbocycles. The van der Waals surface area contributed by atoms with Crippen molar-refractivity contribution in [2.75, 3.05) is 6.61 Å². The fourth-order valence-corrected chi connectivity index (χ4v) is 2.25. The summed E-state index contributed by atoms with van der Waals surface area (Å²) in [7, 11) is 0. The first-order valence-electron chi connectivity index (χ1n) is 7.89. The fraction of sp³-hybridized carbons (Fsp3) is 0.263. The van der Waals surface area contributed by atoms with Crippen molar-refractivity contribution in [2.45, 2.75) is 26.0 Å². The molecule has 0 spiro atoms. The van der Waals surface area contributed by atoms with Gasteiger partial charge in [-0.2, -0.15) is 0 Å². The lowest BCUT2D eigenvalue weighted by atomic mass is 10.1. The highest BCUT2D eigenvalue weighted by molar-refractivity contribution is 6.30. The van der Waals surface area contributed by atoms with Crippen molar-refractivity contribution >= 4 is 23.5 Å². The molecule has 1 N–H and O–H groups in total. The molecule has 132 valence electrons. The first-order valence-corrected chi connectivity index (χ1v) is 8.26. The summed E-state index contributed by atoms with van der Waals surface area (Å²) in [5, 5.41) is 3.35. The van der Waals surface area contributed by atoms with E-state index in [9.17, 15) is 9.59 Å². The van der Waals surface area contributed by atoms with Gasteiger partial charge in [-0.25, -0.2) is 4.79 Å². The normalized spacial score (nSPS) is 12.8. The van der Waals surface area contributed by atoms with Crippen molar-refractivity contribution in [3.05, 3.63) is 65.2 Å². The number of benzene rings is 2. The Kier molecular flexibility index (Phi) is 6.83. The Morgan fingerprint density at radius 1 is 1.04 bits per heavy atom. The minimum atomic E-state index is -0.833. The average molecular weight is 362 g/mol. The third-order valence-corrected chi connectivity index (χ3v) is 3.73. The smallest absolute Gasteiger partial charge is 0.347 e. The van der Waals surface area contributed by atoms with Crippen molar-refractivity contribution < 1.29 is 19.1 Å². The second-order valence-corrected chi connectivity index (χ2v) is 5.96. The van der Waals surface area contributed by atoms with E-state index in [0.717, 1.165) is 5.56 Å². The zero-order valence-electron chi connectivity index (χ0n) is 14.1. The first kappa shape index (κ1) is 18.8. The van der Waals surface area contributed by atoms with Crippen LogP contribution in [0, 0.1) is 0 Å². The Labute approximate surface area is 151 Å². The molecule has 5 nitrogen and oxygen atoms in total. The Morgan fingerprint density at radius 3 is 2.32 bits per heavy atom. The van der Waals surface area contributed by atoms with Gasteiger partial charge in [-0.05, 0) is 43.7 Å². The lowest BCUT2D eigenvalue weighted by Gasteiger charge is -2.16. The highest BCUT2D eigenvalue weighted by atomic mass is 35.5. The van der Waals surface area contributed by atoms with E-state index >= 15 is 0 Å². The highest BCUT2D eigenvalue weighted by Crippen LogP contribution is 2.17. The van der Waals surface area contributed by atoms with E-state index in [1.54, 1.807) is 31.2 Å². The summed E-state index contributed by atoms with van der Waals surface area (Å²) in [5.41, 5.74) is 0.974. The molecular formula is C19H20ClNO4. The van der Waals surface area contributed by atoms with Crippen molar-refractivity contribution in [3.63, 3.8) is 0 Å². The second-order valence-electron chi connectivity index (χ2n) is 5.52. The molecular weight excluding hydrogens is 342 g/mol. The van der Waals surface area contributed by atoms with Crippen LogP contribution < -0.4 is 10.1 Å². The quantitative estimate of drug-likeness (QED) is 0.766. The van der Waals surface area contributed by atoms with Gasteiger partial charge in [0.25, 0.3) is 5.91 Å². The van der Waals surface area contributed by atoms with E-state index in [1.807, 2.05) is 37.3 Å². The van der Waals surface area contributed by atoms with Crippen LogP contribution in [0.1, 0.15) is 25.5 Å². The Balaban J connectivity index is 1.76. The third kappa shape index (κ3) is 6.12. The van der Waals surface area contributed by atoms with Gasteiger partial charge < -0.3 is 14.8 Å². The molecule has 0 fully saturated rings. The molecule has 0 unspecified atom stereocenters. The van der Waals surface area contributed by atoms with Gasteiger partial charge in [-0.15, -0.1) is 0 Å². The van der Waals surface area contributed by atoms with Crippen LogP contribution >= 0.6 is 11.6 Å². The van der Waals surface area contributed by atoms with Crippen LogP contribution in [-0.4, -0.2) is 24.6 Å². The topological polar surface area (TPSA) is 64.6 Å².